The van der Waals surface area contributed by atoms with E-state index in [1.807, 2.05) is 24.3 Å². The van der Waals surface area contributed by atoms with E-state index in [-0.39, 0.29) is 0 Å². The van der Waals surface area contributed by atoms with Crippen molar-refractivity contribution in [3.8, 4) is 56.2 Å². The van der Waals surface area contributed by atoms with Crippen LogP contribution < -0.4 is 10.4 Å². The summed E-state index contributed by atoms with van der Waals surface area (Å²) in [6, 6.07) is 55.5. The summed E-state index contributed by atoms with van der Waals surface area (Å²) in [7, 11) is -2.16. The number of nitrogens with zero attached hydrogens (tertiary/aromatic N) is 2. The third kappa shape index (κ3) is 4.47. The van der Waals surface area contributed by atoms with Crippen LogP contribution in [-0.4, -0.2) is 18.0 Å². The van der Waals surface area contributed by atoms with E-state index in [9.17, 15) is 0 Å². The zero-order valence-electron chi connectivity index (χ0n) is 29.2. The minimum absolute atomic E-state index is 0.712. The number of fused-ring (bicyclic) bond motifs is 9. The van der Waals surface area contributed by atoms with Gasteiger partial charge in [-0.05, 0) is 51.3 Å². The highest BCUT2D eigenvalue weighted by Gasteiger charge is 2.41. The lowest BCUT2D eigenvalue weighted by atomic mass is 9.98. The summed E-state index contributed by atoms with van der Waals surface area (Å²) in [4.78, 5) is 10.9. The van der Waals surface area contributed by atoms with E-state index in [0.717, 1.165) is 88.6 Å². The van der Waals surface area contributed by atoms with E-state index in [4.69, 9.17) is 18.8 Å². The molecule has 4 heterocycles. The van der Waals surface area contributed by atoms with Crippen LogP contribution in [0.2, 0.25) is 13.1 Å². The molecule has 10 aromatic rings. The predicted octanol–water partition coefficient (Wildman–Crippen LogP) is 11.7. The predicted molar refractivity (Wildman–Crippen MR) is 221 cm³/mol. The summed E-state index contributed by atoms with van der Waals surface area (Å²) in [5, 5.41) is 7.16. The second-order valence-corrected chi connectivity index (χ2v) is 18.8. The Kier molecular flexibility index (Phi) is 6.37. The molecule has 53 heavy (non-hydrogen) atoms. The van der Waals surface area contributed by atoms with Gasteiger partial charge in [-0.2, -0.15) is 0 Å². The molecular weight excluding hydrogens is 665 g/mol. The minimum atomic E-state index is -2.16. The molecule has 0 aliphatic carbocycles. The molecule has 0 spiro atoms. The molecule has 1 aliphatic rings. The first kappa shape index (κ1) is 30.1. The maximum Gasteiger partial charge on any atom is 0.160 e. The van der Waals surface area contributed by atoms with Crippen LogP contribution in [0.4, 0.5) is 0 Å². The van der Waals surface area contributed by atoms with Gasteiger partial charge in [0.1, 0.15) is 30.4 Å². The first-order valence-corrected chi connectivity index (χ1v) is 21.1. The number of aromatic nitrogens is 2. The molecule has 0 saturated carbocycles. The third-order valence-electron chi connectivity index (χ3n) is 11.1. The first-order valence-electron chi connectivity index (χ1n) is 18.1. The quantitative estimate of drug-likeness (QED) is 0.172. The van der Waals surface area contributed by atoms with Gasteiger partial charge in [0, 0.05) is 43.8 Å². The van der Waals surface area contributed by atoms with Gasteiger partial charge >= 0.3 is 0 Å². The van der Waals surface area contributed by atoms with Gasteiger partial charge in [0.15, 0.2) is 5.82 Å². The van der Waals surface area contributed by atoms with Gasteiger partial charge in [-0.25, -0.2) is 9.97 Å². The molecule has 0 unspecified atom stereocenters. The fourth-order valence-corrected chi connectivity index (χ4v) is 11.8. The standard InChI is InChI=1S/C48H32N2O2Si/c1-53(2)42-26-8-5-19-39(42)44-47(53)43(31-15-9-13-29(27-31)33-20-11-22-37-35-17-3-6-24-40(35)51-45(33)37)49-48(50-44)32-16-10-14-30(28-32)34-21-12-23-38-36-18-4-7-25-41(36)52-46(34)38/h3-28H,1-2H3. The van der Waals surface area contributed by atoms with Gasteiger partial charge in [-0.1, -0.05) is 147 Å². The van der Waals surface area contributed by atoms with E-state index in [1.54, 1.807) is 0 Å². The monoisotopic (exact) mass is 696 g/mol. The SMILES string of the molecule is C[Si]1(C)c2ccccc2-c2nc(-c3cccc(-c4cccc5c4oc4ccccc45)c3)nc(-c3cccc(-c4cccc5c4oc4ccccc45)c3)c21. The summed E-state index contributed by atoms with van der Waals surface area (Å²) >= 11 is 0. The number of hydrogen-bond donors (Lipinski definition) is 0. The molecule has 0 amide bonds. The van der Waals surface area contributed by atoms with Gasteiger partial charge in [0.05, 0.1) is 11.4 Å². The molecule has 0 atom stereocenters. The van der Waals surface area contributed by atoms with Crippen LogP contribution in [0.3, 0.4) is 0 Å². The van der Waals surface area contributed by atoms with Crippen molar-refractivity contribution in [2.75, 3.05) is 0 Å². The van der Waals surface area contributed by atoms with Crippen molar-refractivity contribution in [1.29, 1.82) is 0 Å². The molecule has 0 N–H and O–H groups in total. The highest BCUT2D eigenvalue weighted by atomic mass is 28.3. The Morgan fingerprint density at radius 2 is 0.887 bits per heavy atom. The van der Waals surface area contributed by atoms with E-state index in [0.29, 0.717) is 5.82 Å². The Hall–Kier alpha value is -6.56. The molecule has 0 fully saturated rings. The number of para-hydroxylation sites is 4. The Balaban J connectivity index is 1.11. The average molecular weight is 697 g/mol. The Morgan fingerprint density at radius 3 is 1.55 bits per heavy atom. The lowest BCUT2D eigenvalue weighted by Crippen LogP contribution is -2.50. The molecular formula is C48H32N2O2Si. The molecule has 11 rings (SSSR count). The maximum atomic E-state index is 6.48. The van der Waals surface area contributed by atoms with Crippen molar-refractivity contribution in [3.05, 3.63) is 158 Å². The Bertz CT molecular complexity index is 3120. The van der Waals surface area contributed by atoms with E-state index in [1.165, 1.54) is 15.9 Å². The summed E-state index contributed by atoms with van der Waals surface area (Å²) in [5.41, 5.74) is 13.2. The Morgan fingerprint density at radius 1 is 0.415 bits per heavy atom. The second kappa shape index (κ2) is 11.2. The maximum absolute atomic E-state index is 6.48. The number of benzene rings is 7. The highest BCUT2D eigenvalue weighted by Crippen LogP contribution is 2.40. The van der Waals surface area contributed by atoms with Crippen LogP contribution in [-0.2, 0) is 0 Å². The molecule has 250 valence electrons. The van der Waals surface area contributed by atoms with Crippen molar-refractivity contribution in [1.82, 2.24) is 9.97 Å². The fourth-order valence-electron chi connectivity index (χ4n) is 8.56. The molecule has 0 saturated heterocycles. The third-order valence-corrected chi connectivity index (χ3v) is 14.6. The smallest absolute Gasteiger partial charge is 0.160 e. The van der Waals surface area contributed by atoms with Crippen LogP contribution in [0.15, 0.2) is 167 Å². The molecule has 1 aliphatic heterocycles. The van der Waals surface area contributed by atoms with E-state index >= 15 is 0 Å². The van der Waals surface area contributed by atoms with Crippen LogP contribution in [0.5, 0.6) is 0 Å². The van der Waals surface area contributed by atoms with Crippen LogP contribution in [0.25, 0.3) is 100 Å². The molecule has 7 aromatic carbocycles. The molecule has 5 heteroatoms. The van der Waals surface area contributed by atoms with Crippen molar-refractivity contribution in [3.63, 3.8) is 0 Å². The van der Waals surface area contributed by atoms with Crippen LogP contribution in [0, 0.1) is 0 Å². The number of rotatable bonds is 4. The van der Waals surface area contributed by atoms with Gasteiger partial charge in [-0.15, -0.1) is 0 Å². The summed E-state index contributed by atoms with van der Waals surface area (Å²) < 4.78 is 12.9. The lowest BCUT2D eigenvalue weighted by Gasteiger charge is -2.22. The van der Waals surface area contributed by atoms with Crippen LogP contribution in [0.1, 0.15) is 0 Å². The number of hydrogen-bond acceptors (Lipinski definition) is 4. The van der Waals surface area contributed by atoms with Crippen molar-refractivity contribution < 1.29 is 8.83 Å². The molecule has 3 aromatic heterocycles. The average Bonchev–Trinajstić information content (AvgIpc) is 3.86. The largest absolute Gasteiger partial charge is 0.455 e. The second-order valence-electron chi connectivity index (χ2n) is 14.5. The Labute approximate surface area is 307 Å². The van der Waals surface area contributed by atoms with Crippen molar-refractivity contribution >= 4 is 62.3 Å². The summed E-state index contributed by atoms with van der Waals surface area (Å²) in [6.07, 6.45) is 0. The van der Waals surface area contributed by atoms with Gasteiger partial charge in [0.25, 0.3) is 0 Å². The van der Waals surface area contributed by atoms with Crippen molar-refractivity contribution in [2.24, 2.45) is 0 Å². The zero-order valence-corrected chi connectivity index (χ0v) is 30.2. The molecule has 0 radical (unpaired) electrons. The van der Waals surface area contributed by atoms with Crippen molar-refractivity contribution in [2.45, 2.75) is 13.1 Å². The highest BCUT2D eigenvalue weighted by molar-refractivity contribution is 7.04. The number of furan rings is 2. The fraction of sp³-hybridized carbons (Fsp3) is 0.0417. The first-order chi connectivity index (χ1) is 26.0. The van der Waals surface area contributed by atoms with Gasteiger partial charge in [0.2, 0.25) is 0 Å². The van der Waals surface area contributed by atoms with E-state index in [2.05, 4.69) is 147 Å². The normalized spacial score (nSPS) is 13.2. The zero-order chi connectivity index (χ0) is 35.3. The molecule has 0 bridgehead atoms. The summed E-state index contributed by atoms with van der Waals surface area (Å²) in [5.74, 6) is 0.712. The van der Waals surface area contributed by atoms with Gasteiger partial charge in [-0.3, -0.25) is 0 Å². The molecule has 4 nitrogen and oxygen atoms in total. The van der Waals surface area contributed by atoms with E-state index < -0.39 is 8.07 Å². The van der Waals surface area contributed by atoms with Gasteiger partial charge < -0.3 is 8.83 Å². The summed E-state index contributed by atoms with van der Waals surface area (Å²) in [6.45, 7) is 4.86. The topological polar surface area (TPSA) is 52.1 Å². The lowest BCUT2D eigenvalue weighted by molar-refractivity contribution is 0.669. The minimum Gasteiger partial charge on any atom is -0.455 e. The van der Waals surface area contributed by atoms with Crippen LogP contribution >= 0.6 is 0 Å².